The second-order valence-electron chi connectivity index (χ2n) is 8.69. The number of hydrogen-bond donors (Lipinski definition) is 2. The van der Waals surface area contributed by atoms with Gasteiger partial charge in [0.25, 0.3) is 0 Å². The van der Waals surface area contributed by atoms with E-state index in [1.165, 1.54) is 16.5 Å². The lowest BCUT2D eigenvalue weighted by molar-refractivity contribution is -0.122. The Bertz CT molecular complexity index is 1300. The number of nitrogens with one attached hydrogen (secondary N) is 2. The number of likely N-dealkylation sites (N-methyl/N-ethyl adjacent to an activating group) is 1. The van der Waals surface area contributed by atoms with Gasteiger partial charge in [-0.25, -0.2) is 9.50 Å². The minimum Gasteiger partial charge on any atom is -0.493 e. The fourth-order valence-corrected chi connectivity index (χ4v) is 5.02. The summed E-state index contributed by atoms with van der Waals surface area (Å²) in [6, 6.07) is 8.84. The molecule has 0 saturated carbocycles. The van der Waals surface area contributed by atoms with Crippen molar-refractivity contribution in [3.05, 3.63) is 47.9 Å². The Labute approximate surface area is 192 Å². The van der Waals surface area contributed by atoms with Crippen molar-refractivity contribution in [2.75, 3.05) is 33.8 Å². The molecule has 8 heteroatoms. The number of aromatic amines is 1. The van der Waals surface area contributed by atoms with E-state index in [4.69, 9.17) is 4.74 Å². The Morgan fingerprint density at radius 2 is 2.09 bits per heavy atom. The predicted octanol–water partition coefficient (Wildman–Crippen LogP) is 3.37. The molecule has 33 heavy (non-hydrogen) atoms. The Balaban J connectivity index is 1.46. The number of carbonyl (C=O) groups is 1. The fraction of sp³-hybridized carbons (Fsp3) is 0.400. The molecule has 1 aliphatic rings. The van der Waals surface area contributed by atoms with Crippen molar-refractivity contribution in [1.29, 1.82) is 0 Å². The Kier molecular flexibility index (Phi) is 5.76. The molecule has 3 aromatic heterocycles. The first-order chi connectivity index (χ1) is 16.1. The highest BCUT2D eigenvalue weighted by Gasteiger charge is 2.23. The molecular formula is C25H30N6O2. The second kappa shape index (κ2) is 8.86. The van der Waals surface area contributed by atoms with Crippen molar-refractivity contribution in [3.8, 4) is 17.0 Å². The molecule has 0 atom stereocenters. The number of pyridine rings is 1. The van der Waals surface area contributed by atoms with Gasteiger partial charge >= 0.3 is 0 Å². The topological polar surface area (TPSA) is 87.6 Å². The van der Waals surface area contributed by atoms with Crippen LogP contribution in [0.3, 0.4) is 0 Å². The molecule has 4 aromatic rings. The van der Waals surface area contributed by atoms with Gasteiger partial charge in [0, 0.05) is 29.7 Å². The minimum atomic E-state index is 0.0861. The van der Waals surface area contributed by atoms with Crippen molar-refractivity contribution in [3.63, 3.8) is 0 Å². The lowest BCUT2D eigenvalue weighted by Crippen LogP contribution is -2.40. The molecule has 172 valence electrons. The third kappa shape index (κ3) is 3.95. The number of carbonyl (C=O) groups excluding carboxylic acids is 1. The Hall–Kier alpha value is -3.39. The molecule has 0 aliphatic carbocycles. The zero-order valence-corrected chi connectivity index (χ0v) is 19.4. The lowest BCUT2D eigenvalue weighted by Gasteiger charge is -2.31. The van der Waals surface area contributed by atoms with Crippen LogP contribution in [0.5, 0.6) is 5.75 Å². The summed E-state index contributed by atoms with van der Waals surface area (Å²) in [6.07, 6.45) is 6.60. The quantitative estimate of drug-likeness (QED) is 0.474. The van der Waals surface area contributed by atoms with Crippen LogP contribution in [0.1, 0.15) is 36.8 Å². The van der Waals surface area contributed by atoms with E-state index in [0.717, 1.165) is 49.1 Å². The summed E-state index contributed by atoms with van der Waals surface area (Å²) in [6.45, 7) is 4.59. The standard InChI is InChI=1S/C25H30N6O2/c1-4-19-20-11-17(16-7-9-30(10-8-16)14-23(32)26-2)5-6-21(20)29-24(19)18-12-22(33-3)25-27-15-28-31(25)13-18/h5-6,11-13,15-16,29H,4,7-10,14H2,1-3H3,(H,26,32). The van der Waals surface area contributed by atoms with Gasteiger partial charge in [-0.3, -0.25) is 9.69 Å². The van der Waals surface area contributed by atoms with E-state index in [1.54, 1.807) is 25.0 Å². The number of aryl methyl sites for hydroxylation is 1. The highest BCUT2D eigenvalue weighted by atomic mass is 16.5. The summed E-state index contributed by atoms with van der Waals surface area (Å²) in [5.41, 5.74) is 6.65. The average molecular weight is 447 g/mol. The second-order valence-corrected chi connectivity index (χ2v) is 8.69. The number of piperidine rings is 1. The highest BCUT2D eigenvalue weighted by molar-refractivity contribution is 5.91. The first kappa shape index (κ1) is 21.5. The molecule has 5 rings (SSSR count). The van der Waals surface area contributed by atoms with E-state index >= 15 is 0 Å². The fourth-order valence-electron chi connectivity index (χ4n) is 5.02. The van der Waals surface area contributed by atoms with Crippen molar-refractivity contribution in [2.24, 2.45) is 0 Å². The van der Waals surface area contributed by atoms with Gasteiger partial charge in [0.2, 0.25) is 5.91 Å². The van der Waals surface area contributed by atoms with Crippen molar-refractivity contribution >= 4 is 22.5 Å². The number of likely N-dealkylation sites (tertiary alicyclic amines) is 1. The third-order valence-corrected chi connectivity index (χ3v) is 6.84. The molecule has 1 saturated heterocycles. The summed E-state index contributed by atoms with van der Waals surface area (Å²) in [4.78, 5) is 21.9. The summed E-state index contributed by atoms with van der Waals surface area (Å²) in [5.74, 6) is 1.31. The first-order valence-electron chi connectivity index (χ1n) is 11.6. The number of amides is 1. The van der Waals surface area contributed by atoms with Crippen LogP contribution in [0.15, 0.2) is 36.8 Å². The van der Waals surface area contributed by atoms with Gasteiger partial charge in [-0.2, -0.15) is 5.10 Å². The van der Waals surface area contributed by atoms with Crippen LogP contribution >= 0.6 is 0 Å². The van der Waals surface area contributed by atoms with Crippen LogP contribution in [-0.4, -0.2) is 64.2 Å². The third-order valence-electron chi connectivity index (χ3n) is 6.84. The van der Waals surface area contributed by atoms with E-state index in [9.17, 15) is 4.79 Å². The number of H-pyrrole nitrogens is 1. The number of benzene rings is 1. The Morgan fingerprint density at radius 1 is 1.27 bits per heavy atom. The van der Waals surface area contributed by atoms with E-state index in [2.05, 4.69) is 50.4 Å². The molecule has 0 unspecified atom stereocenters. The number of ether oxygens (including phenoxy) is 1. The molecule has 4 heterocycles. The van der Waals surface area contributed by atoms with Gasteiger partial charge in [0.1, 0.15) is 6.33 Å². The molecule has 0 spiro atoms. The van der Waals surface area contributed by atoms with Crippen LogP contribution in [0, 0.1) is 0 Å². The molecule has 1 aliphatic heterocycles. The number of fused-ring (bicyclic) bond motifs is 2. The van der Waals surface area contributed by atoms with Crippen LogP contribution in [-0.2, 0) is 11.2 Å². The predicted molar refractivity (Wildman–Crippen MR) is 129 cm³/mol. The molecule has 8 nitrogen and oxygen atoms in total. The van der Waals surface area contributed by atoms with Gasteiger partial charge in [0.05, 0.1) is 19.3 Å². The zero-order valence-electron chi connectivity index (χ0n) is 19.4. The molecular weight excluding hydrogens is 416 g/mol. The normalized spacial score (nSPS) is 15.4. The van der Waals surface area contributed by atoms with E-state index in [0.29, 0.717) is 23.9 Å². The highest BCUT2D eigenvalue weighted by Crippen LogP contribution is 2.36. The summed E-state index contributed by atoms with van der Waals surface area (Å²) < 4.78 is 7.33. The van der Waals surface area contributed by atoms with Crippen LogP contribution in [0.4, 0.5) is 0 Å². The van der Waals surface area contributed by atoms with Gasteiger partial charge in [-0.15, -0.1) is 0 Å². The van der Waals surface area contributed by atoms with Gasteiger partial charge in [0.15, 0.2) is 11.4 Å². The van der Waals surface area contributed by atoms with E-state index in [-0.39, 0.29) is 5.91 Å². The molecule has 1 aromatic carbocycles. The number of aromatic nitrogens is 4. The van der Waals surface area contributed by atoms with Crippen LogP contribution in [0.2, 0.25) is 0 Å². The molecule has 0 bridgehead atoms. The lowest BCUT2D eigenvalue weighted by atomic mass is 9.88. The smallest absolute Gasteiger partial charge is 0.233 e. The summed E-state index contributed by atoms with van der Waals surface area (Å²) >= 11 is 0. The van der Waals surface area contributed by atoms with Gasteiger partial charge in [-0.1, -0.05) is 13.0 Å². The Morgan fingerprint density at radius 3 is 2.82 bits per heavy atom. The monoisotopic (exact) mass is 446 g/mol. The van der Waals surface area contributed by atoms with Crippen molar-refractivity contribution in [1.82, 2.24) is 29.8 Å². The van der Waals surface area contributed by atoms with Crippen molar-refractivity contribution in [2.45, 2.75) is 32.1 Å². The van der Waals surface area contributed by atoms with Crippen LogP contribution in [0.25, 0.3) is 27.8 Å². The van der Waals surface area contributed by atoms with Gasteiger partial charge < -0.3 is 15.0 Å². The molecule has 0 radical (unpaired) electrons. The van der Waals surface area contributed by atoms with Crippen molar-refractivity contribution < 1.29 is 9.53 Å². The minimum absolute atomic E-state index is 0.0861. The number of methoxy groups -OCH3 is 1. The average Bonchev–Trinajstić information content (AvgIpc) is 3.47. The summed E-state index contributed by atoms with van der Waals surface area (Å²) in [7, 11) is 3.35. The summed E-state index contributed by atoms with van der Waals surface area (Å²) in [5, 5.41) is 8.30. The molecule has 2 N–H and O–H groups in total. The maximum atomic E-state index is 11.7. The maximum Gasteiger partial charge on any atom is 0.233 e. The molecule has 1 fully saturated rings. The largest absolute Gasteiger partial charge is 0.493 e. The van der Waals surface area contributed by atoms with E-state index < -0.39 is 0 Å². The molecule has 1 amide bonds. The zero-order chi connectivity index (χ0) is 22.9. The van der Waals surface area contributed by atoms with Crippen LogP contribution < -0.4 is 10.1 Å². The maximum absolute atomic E-state index is 11.7. The number of nitrogens with zero attached hydrogens (tertiary/aromatic N) is 4. The number of hydrogen-bond acceptors (Lipinski definition) is 5. The first-order valence-corrected chi connectivity index (χ1v) is 11.6. The van der Waals surface area contributed by atoms with E-state index in [1.807, 2.05) is 12.3 Å². The number of rotatable bonds is 6. The van der Waals surface area contributed by atoms with Gasteiger partial charge in [-0.05, 0) is 67.6 Å². The SMILES string of the molecule is CCc1c(-c2cc(OC)c3ncnn3c2)[nH]c2ccc(C3CCN(CC(=O)NC)CC3)cc12.